The smallest absolute Gasteiger partial charge is 0.341 e. The minimum atomic E-state index is -1.34. The number of methoxy groups -OCH3 is 1. The van der Waals surface area contributed by atoms with E-state index in [1.54, 1.807) is 27.7 Å². The van der Waals surface area contributed by atoms with Gasteiger partial charge in [0.2, 0.25) is 0 Å². The van der Waals surface area contributed by atoms with Crippen LogP contribution in [0.15, 0.2) is 11.8 Å². The average Bonchev–Trinajstić information content (AvgIpc) is 2.18. The normalized spacial score (nSPS) is 12.4. The van der Waals surface area contributed by atoms with Gasteiger partial charge in [0.1, 0.15) is 0 Å². The quantitative estimate of drug-likeness (QED) is 0.290. The topological polar surface area (TPSA) is 54.0 Å². The Kier molecular flexibility index (Phi) is 6.76. The molecule has 0 aliphatic heterocycles. The van der Waals surface area contributed by atoms with Crippen LogP contribution in [-0.2, 0) is 23.7 Å². The van der Waals surface area contributed by atoms with Gasteiger partial charge >= 0.3 is 11.9 Å². The highest BCUT2D eigenvalue weighted by atomic mass is 16.9. The first-order chi connectivity index (χ1) is 7.49. The number of rotatable bonds is 7. The average molecular weight is 232 g/mol. The Bertz CT molecular complexity index is 241. The van der Waals surface area contributed by atoms with Crippen molar-refractivity contribution in [3.63, 3.8) is 0 Å². The Hall–Kier alpha value is -1.07. The van der Waals surface area contributed by atoms with E-state index < -0.39 is 11.9 Å². The minimum absolute atomic E-state index is 0.341. The Morgan fingerprint density at radius 2 is 1.75 bits per heavy atom. The summed E-state index contributed by atoms with van der Waals surface area (Å²) < 4.78 is 20.3. The molecule has 0 heterocycles. The maximum absolute atomic E-state index is 11.6. The largest absolute Gasteiger partial charge is 0.504 e. The summed E-state index contributed by atoms with van der Waals surface area (Å²) in [5.74, 6) is -1.88. The number of esters is 1. The number of carbonyl (C=O) groups is 1. The first kappa shape index (κ1) is 14.9. The summed E-state index contributed by atoms with van der Waals surface area (Å²) >= 11 is 0. The van der Waals surface area contributed by atoms with Gasteiger partial charge in [0, 0.05) is 6.92 Å². The third-order valence-corrected chi connectivity index (χ3v) is 1.71. The van der Waals surface area contributed by atoms with Crippen molar-refractivity contribution in [3.8, 4) is 0 Å². The molecule has 0 aliphatic carbocycles. The molecule has 16 heavy (non-hydrogen) atoms. The van der Waals surface area contributed by atoms with Crippen LogP contribution in [0.5, 0.6) is 0 Å². The summed E-state index contributed by atoms with van der Waals surface area (Å²) in [7, 11) is 1.46. The van der Waals surface area contributed by atoms with Crippen molar-refractivity contribution in [2.24, 2.45) is 0 Å². The number of ether oxygens (including phenoxy) is 4. The van der Waals surface area contributed by atoms with Crippen molar-refractivity contribution in [1.82, 2.24) is 0 Å². The van der Waals surface area contributed by atoms with Crippen LogP contribution in [-0.4, -0.2) is 32.3 Å². The van der Waals surface area contributed by atoms with Crippen LogP contribution in [0.25, 0.3) is 0 Å². The van der Waals surface area contributed by atoms with E-state index in [-0.39, 0.29) is 0 Å². The van der Waals surface area contributed by atoms with Crippen molar-refractivity contribution >= 4 is 5.97 Å². The van der Waals surface area contributed by atoms with Crippen LogP contribution < -0.4 is 0 Å². The van der Waals surface area contributed by atoms with Gasteiger partial charge in [-0.1, -0.05) is 0 Å². The van der Waals surface area contributed by atoms with Gasteiger partial charge in [-0.3, -0.25) is 0 Å². The molecule has 0 aromatic rings. The van der Waals surface area contributed by atoms with Gasteiger partial charge in [0.05, 0.1) is 32.2 Å². The third-order valence-electron chi connectivity index (χ3n) is 1.71. The van der Waals surface area contributed by atoms with Gasteiger partial charge in [0.15, 0.2) is 0 Å². The highest BCUT2D eigenvalue weighted by Gasteiger charge is 2.30. The maximum atomic E-state index is 11.6. The fourth-order valence-corrected chi connectivity index (χ4v) is 1.10. The molecule has 0 saturated heterocycles. The van der Waals surface area contributed by atoms with Crippen LogP contribution in [0, 0.1) is 0 Å². The molecular formula is C11H20O5. The predicted octanol–water partition coefficient (Wildman–Crippen LogP) is 1.83. The molecule has 0 saturated carbocycles. The highest BCUT2D eigenvalue weighted by Crippen LogP contribution is 2.16. The summed E-state index contributed by atoms with van der Waals surface area (Å²) in [6, 6.07) is 0. The van der Waals surface area contributed by atoms with Gasteiger partial charge in [-0.25, -0.2) is 4.79 Å². The van der Waals surface area contributed by atoms with E-state index in [9.17, 15) is 4.79 Å². The number of hydrogen-bond acceptors (Lipinski definition) is 5. The summed E-state index contributed by atoms with van der Waals surface area (Å²) in [5, 5.41) is 0. The monoisotopic (exact) mass is 232 g/mol. The van der Waals surface area contributed by atoms with Crippen molar-refractivity contribution < 1.29 is 23.7 Å². The lowest BCUT2D eigenvalue weighted by atomic mass is 10.3. The summed E-state index contributed by atoms with van der Waals surface area (Å²) in [4.78, 5) is 11.6. The second-order valence-electron chi connectivity index (χ2n) is 3.15. The fourth-order valence-electron chi connectivity index (χ4n) is 1.10. The zero-order valence-corrected chi connectivity index (χ0v) is 10.5. The van der Waals surface area contributed by atoms with Crippen LogP contribution in [0.2, 0.25) is 0 Å². The Morgan fingerprint density at radius 3 is 2.12 bits per heavy atom. The molecule has 0 atom stereocenters. The number of carbonyl (C=O) groups excluding carboxylic acids is 1. The zero-order chi connectivity index (χ0) is 12.6. The fraction of sp³-hybridized carbons (Fsp3) is 0.727. The molecule has 0 fully saturated rings. The lowest BCUT2D eigenvalue weighted by molar-refractivity contribution is -0.348. The molecule has 94 valence electrons. The number of hydrogen-bond donors (Lipinski definition) is 0. The van der Waals surface area contributed by atoms with E-state index in [0.717, 1.165) is 0 Å². The molecule has 0 amide bonds. The molecule has 0 aromatic carbocycles. The molecule has 0 N–H and O–H groups in total. The van der Waals surface area contributed by atoms with Crippen LogP contribution >= 0.6 is 0 Å². The van der Waals surface area contributed by atoms with E-state index in [0.29, 0.717) is 18.8 Å². The molecule has 0 radical (unpaired) electrons. The first-order valence-electron chi connectivity index (χ1n) is 5.19. The van der Waals surface area contributed by atoms with Gasteiger partial charge in [-0.2, -0.15) is 0 Å². The standard InChI is InChI=1S/C11H20O5/c1-6-14-11(4,15-7-2)16-10(12)9(3)8-13-5/h8H,6-7H2,1-5H3/b9-8+. The molecule has 0 rings (SSSR count). The molecule has 0 spiro atoms. The van der Waals surface area contributed by atoms with Gasteiger partial charge in [0.25, 0.3) is 0 Å². The predicted molar refractivity (Wildman–Crippen MR) is 58.5 cm³/mol. The Morgan fingerprint density at radius 1 is 1.25 bits per heavy atom. The third kappa shape index (κ3) is 5.14. The maximum Gasteiger partial charge on any atom is 0.341 e. The summed E-state index contributed by atoms with van der Waals surface area (Å²) in [6.45, 7) is 7.50. The van der Waals surface area contributed by atoms with Crippen molar-refractivity contribution in [1.29, 1.82) is 0 Å². The van der Waals surface area contributed by atoms with E-state index in [1.165, 1.54) is 13.4 Å². The molecule has 5 nitrogen and oxygen atoms in total. The van der Waals surface area contributed by atoms with E-state index >= 15 is 0 Å². The second-order valence-corrected chi connectivity index (χ2v) is 3.15. The van der Waals surface area contributed by atoms with Crippen LogP contribution in [0.4, 0.5) is 0 Å². The van der Waals surface area contributed by atoms with Crippen molar-refractivity contribution in [2.45, 2.75) is 33.7 Å². The van der Waals surface area contributed by atoms with Gasteiger partial charge in [-0.05, 0) is 20.8 Å². The van der Waals surface area contributed by atoms with E-state index in [2.05, 4.69) is 0 Å². The van der Waals surface area contributed by atoms with Gasteiger partial charge < -0.3 is 18.9 Å². The highest BCUT2D eigenvalue weighted by molar-refractivity contribution is 5.87. The Labute approximate surface area is 96.3 Å². The van der Waals surface area contributed by atoms with Gasteiger partial charge in [-0.15, -0.1) is 0 Å². The molecule has 0 bridgehead atoms. The van der Waals surface area contributed by atoms with Crippen molar-refractivity contribution in [2.75, 3.05) is 20.3 Å². The SMILES string of the molecule is CCOC(C)(OCC)OC(=O)/C(C)=C/OC. The summed E-state index contributed by atoms with van der Waals surface area (Å²) in [5.41, 5.74) is 0.341. The molecule has 0 aliphatic rings. The van der Waals surface area contributed by atoms with Crippen molar-refractivity contribution in [3.05, 3.63) is 11.8 Å². The zero-order valence-electron chi connectivity index (χ0n) is 10.5. The molecule has 5 heteroatoms. The second kappa shape index (κ2) is 7.24. The lowest BCUT2D eigenvalue weighted by Gasteiger charge is -2.28. The van der Waals surface area contributed by atoms with E-state index in [4.69, 9.17) is 18.9 Å². The molecule has 0 aromatic heterocycles. The van der Waals surface area contributed by atoms with E-state index in [1.807, 2.05) is 0 Å². The summed E-state index contributed by atoms with van der Waals surface area (Å²) in [6.07, 6.45) is 1.31. The Balaban J connectivity index is 4.50. The van der Waals surface area contributed by atoms with Crippen LogP contribution in [0.3, 0.4) is 0 Å². The molecule has 0 unspecified atom stereocenters. The minimum Gasteiger partial charge on any atom is -0.504 e. The first-order valence-corrected chi connectivity index (χ1v) is 5.19. The molecular weight excluding hydrogens is 212 g/mol. The lowest BCUT2D eigenvalue weighted by Crippen LogP contribution is -2.38. The van der Waals surface area contributed by atoms with Crippen LogP contribution in [0.1, 0.15) is 27.7 Å².